The first-order chi connectivity index (χ1) is 56.5. The average molecular weight is 1680 g/mol. The van der Waals surface area contributed by atoms with Crippen molar-refractivity contribution in [1.82, 2.24) is 74.1 Å². The first-order valence-corrected chi connectivity index (χ1v) is 38.4. The van der Waals surface area contributed by atoms with E-state index in [2.05, 4.69) is 85.8 Å². The van der Waals surface area contributed by atoms with E-state index in [1.54, 1.807) is 30.5 Å². The molecule has 3 aromatic rings. The van der Waals surface area contributed by atoms with Crippen LogP contribution in [-0.4, -0.2) is 256 Å². The molecule has 21 N–H and O–H groups in total. The van der Waals surface area contributed by atoms with Crippen LogP contribution in [0.3, 0.4) is 0 Å². The summed E-state index contributed by atoms with van der Waals surface area (Å²) in [5, 5.41) is 40.7. The molecule has 0 unspecified atom stereocenters. The molecular weight excluding hydrogens is 1570 g/mol. The number of hydrogen-bond donors (Lipinski definition) is 18. The lowest BCUT2D eigenvalue weighted by Gasteiger charge is -2.30. The number of nitrogens with two attached hydrogens (primary N) is 3. The SMILES string of the molecule is CCCCCCCCCC(=O)N[C@@H](Cc1c[nH]c2ccccc12)C(=O)N[C@H](CC(N)=O)C(=O)N[C@@H](CC(=O)OC)C(=O)N[C@@H]1C(=O)NCC(=O)N[C@@H](CCCN)C(=O)N[C@@H](CC(=O)OC)C(=O)N[C@H](C)C(=O)N[C@@H](CC(=O)OC)C(=O)NCC(=O)N[C@H](CO)C(=O)N[C@@H]([C@H](C)CC(=O)OC)C(=O)N[C@@H](CC(=O)c2ccccc2N)C(=O)O[C@@H]1C. The van der Waals surface area contributed by atoms with Crippen LogP contribution in [0.4, 0.5) is 5.69 Å². The number of amides is 14. The first kappa shape index (κ1) is 98.7. The van der Waals surface area contributed by atoms with Gasteiger partial charge in [-0.15, -0.1) is 0 Å². The Kier molecular flexibility index (Phi) is 42.0. The maximum Gasteiger partial charge on any atom is 0.329 e. The molecule has 1 fully saturated rings. The number of nitrogen functional groups attached to an aromatic ring is 1. The Balaban J connectivity index is 1.91. The van der Waals surface area contributed by atoms with E-state index in [1.165, 1.54) is 31.2 Å². The number of ketones is 1. The summed E-state index contributed by atoms with van der Waals surface area (Å²) in [4.78, 5) is 282. The van der Waals surface area contributed by atoms with Crippen LogP contribution in [0.15, 0.2) is 54.7 Å². The number of primary amides is 1. The number of H-pyrrole nitrogens is 1. The van der Waals surface area contributed by atoms with Crippen LogP contribution in [0.1, 0.15) is 146 Å². The average Bonchev–Trinajstić information content (AvgIpc) is 1.67. The lowest BCUT2D eigenvalue weighted by atomic mass is 9.95. The van der Waals surface area contributed by atoms with Crippen LogP contribution in [0.2, 0.25) is 0 Å². The molecule has 0 bridgehead atoms. The number of hydrogen-bond acceptors (Lipinski definition) is 28. The van der Waals surface area contributed by atoms with E-state index in [0.29, 0.717) is 29.3 Å². The van der Waals surface area contributed by atoms with Gasteiger partial charge in [0.25, 0.3) is 0 Å². The van der Waals surface area contributed by atoms with E-state index in [0.717, 1.165) is 74.4 Å². The molecule has 0 spiro atoms. The zero-order chi connectivity index (χ0) is 88.6. The smallest absolute Gasteiger partial charge is 0.329 e. The topological polar surface area (TPSA) is 658 Å². The first-order valence-electron chi connectivity index (χ1n) is 38.4. The van der Waals surface area contributed by atoms with Crippen molar-refractivity contribution in [3.05, 3.63) is 65.9 Å². The third-order valence-electron chi connectivity index (χ3n) is 18.7. The number of nitrogens with one attached hydrogen (secondary N) is 14. The number of ether oxygens (including phenoxy) is 5. The third-order valence-corrected chi connectivity index (χ3v) is 18.7. The second-order valence-corrected chi connectivity index (χ2v) is 28.0. The molecule has 0 aliphatic carbocycles. The fourth-order valence-corrected chi connectivity index (χ4v) is 12.0. The predicted molar refractivity (Wildman–Crippen MR) is 418 cm³/mol. The van der Waals surface area contributed by atoms with Crippen molar-refractivity contribution >= 4 is 135 Å². The van der Waals surface area contributed by atoms with E-state index >= 15 is 9.59 Å². The Hall–Kier alpha value is -12.7. The standard InChI is InChI=1S/C76H109N17O26/c1-9-10-11-12-13-14-15-26-57(97)85-48(29-42-35-80-46-24-19-17-21-43(42)46)70(108)88-49(31-56(79)96)71(109)90-52(34-63(103)118-8)72(110)93-65-41(4)119-76(114)53(30-55(95)44-22-16-18-23-45(44)78)91-75(113)64(39(2)28-60(100)115-5)92-73(111)54(38-94)86-59(99)36-81-67(105)50(32-61(101)116-6)87-66(104)40(3)83-69(107)51(33-62(102)117-7)89-68(106)47(25-20-27-77)84-58(98)37-82-74(65)112/h16-19,21-24,35,39-41,47-54,64-65,80,94H,9-15,20,25-34,36-38,77-78H2,1-8H3,(H2,79,96)(H,81,105)(H,82,112)(H,83,107)(H,84,98)(H,85,97)(H,86,99)(H,87,104)(H,88,108)(H,89,106)(H,90,109)(H,91,113)(H,92,111)(H,93,110)/t39-,40-,41-,47+,48+,49-,50+,51+,52+,53+,54-,64+,65+/m1/s1. The molecule has 654 valence electrons. The van der Waals surface area contributed by atoms with Gasteiger partial charge in [0, 0.05) is 47.6 Å². The van der Waals surface area contributed by atoms with Crippen molar-refractivity contribution < 1.29 is 125 Å². The number of anilines is 1. The van der Waals surface area contributed by atoms with E-state index in [9.17, 15) is 91.4 Å². The zero-order valence-corrected chi connectivity index (χ0v) is 67.4. The fraction of sp³-hybridized carbons (Fsp3) is 0.553. The Morgan fingerprint density at radius 2 is 1.08 bits per heavy atom. The summed E-state index contributed by atoms with van der Waals surface area (Å²) >= 11 is 0. The second-order valence-electron chi connectivity index (χ2n) is 28.0. The lowest BCUT2D eigenvalue weighted by Crippen LogP contribution is -2.62. The number of methoxy groups -OCH3 is 4. The van der Waals surface area contributed by atoms with Crippen LogP contribution in [0, 0.1) is 5.92 Å². The third kappa shape index (κ3) is 33.4. The summed E-state index contributed by atoms with van der Waals surface area (Å²) in [6.45, 7) is 1.65. The Morgan fingerprint density at radius 3 is 1.68 bits per heavy atom. The number of esters is 5. The minimum absolute atomic E-state index is 0.00256. The van der Waals surface area contributed by atoms with Crippen LogP contribution in [0.25, 0.3) is 10.9 Å². The van der Waals surface area contributed by atoms with Crippen molar-refractivity contribution in [2.24, 2.45) is 17.4 Å². The number of rotatable bonds is 35. The number of Topliss-reactive ketones (excluding diaryl/α,β-unsaturated/α-hetero) is 1. The van der Waals surface area contributed by atoms with Crippen molar-refractivity contribution in [3.8, 4) is 0 Å². The lowest BCUT2D eigenvalue weighted by molar-refractivity contribution is -0.156. The van der Waals surface area contributed by atoms with Crippen molar-refractivity contribution in [3.63, 3.8) is 0 Å². The quantitative estimate of drug-likeness (QED) is 0.00860. The minimum Gasteiger partial charge on any atom is -0.469 e. The number of fused-ring (bicyclic) bond motifs is 1. The maximum absolute atomic E-state index is 15.0. The summed E-state index contributed by atoms with van der Waals surface area (Å²) in [5.41, 5.74) is 18.4. The van der Waals surface area contributed by atoms with Gasteiger partial charge in [0.2, 0.25) is 82.7 Å². The maximum atomic E-state index is 15.0. The van der Waals surface area contributed by atoms with Gasteiger partial charge in [0.1, 0.15) is 72.6 Å². The highest BCUT2D eigenvalue weighted by molar-refractivity contribution is 6.05. The molecule has 1 aromatic heterocycles. The number of aliphatic hydroxyl groups is 1. The molecule has 2 aromatic carbocycles. The van der Waals surface area contributed by atoms with E-state index in [-0.39, 0.29) is 43.5 Å². The van der Waals surface area contributed by atoms with Gasteiger partial charge in [0.15, 0.2) is 5.78 Å². The zero-order valence-electron chi connectivity index (χ0n) is 67.4. The molecule has 119 heavy (non-hydrogen) atoms. The summed E-state index contributed by atoms with van der Waals surface area (Å²) in [7, 11) is 3.71. The van der Waals surface area contributed by atoms with E-state index in [1.807, 2.05) is 0 Å². The highest BCUT2D eigenvalue weighted by Crippen LogP contribution is 2.22. The number of carbonyl (C=O) groups is 20. The Bertz CT molecular complexity index is 4120. The molecule has 4 rings (SSSR count). The summed E-state index contributed by atoms with van der Waals surface area (Å²) in [6, 6.07) is -9.29. The minimum atomic E-state index is -2.38. The van der Waals surface area contributed by atoms with Crippen molar-refractivity contribution in [1.29, 1.82) is 0 Å². The fourth-order valence-electron chi connectivity index (χ4n) is 12.0. The number of unbranched alkanes of at least 4 members (excludes halogenated alkanes) is 6. The largest absolute Gasteiger partial charge is 0.469 e. The van der Waals surface area contributed by atoms with E-state index in [4.69, 9.17) is 36.1 Å². The molecule has 13 atom stereocenters. The Labute approximate surface area is 684 Å². The number of carbonyl (C=O) groups excluding carboxylic acids is 20. The molecule has 0 saturated carbocycles. The molecule has 0 radical (unpaired) electrons. The number of aromatic amines is 1. The van der Waals surface area contributed by atoms with Crippen molar-refractivity contribution in [2.45, 2.75) is 209 Å². The molecular formula is C76H109N17O26. The van der Waals surface area contributed by atoms with Crippen LogP contribution in [-0.2, 0) is 121 Å². The molecule has 2 heterocycles. The van der Waals surface area contributed by atoms with Gasteiger partial charge in [-0.2, -0.15) is 0 Å². The second kappa shape index (κ2) is 50.7. The molecule has 1 aliphatic heterocycles. The number of benzene rings is 2. The van der Waals surface area contributed by atoms with Gasteiger partial charge in [-0.1, -0.05) is 82.7 Å². The summed E-state index contributed by atoms with van der Waals surface area (Å²) < 4.78 is 24.8. The van der Waals surface area contributed by atoms with Gasteiger partial charge in [-0.25, -0.2) is 4.79 Å². The highest BCUT2D eigenvalue weighted by atomic mass is 16.6. The monoisotopic (exact) mass is 1680 g/mol. The number of aliphatic hydroxyl groups excluding tert-OH is 1. The summed E-state index contributed by atoms with van der Waals surface area (Å²) in [6.07, 6.45) is -0.801. The molecule has 43 heteroatoms. The van der Waals surface area contributed by atoms with Gasteiger partial charge in [-0.05, 0) is 69.3 Å². The van der Waals surface area contributed by atoms with Crippen LogP contribution >= 0.6 is 0 Å². The number of aromatic nitrogens is 1. The highest BCUT2D eigenvalue weighted by Gasteiger charge is 2.41. The van der Waals surface area contributed by atoms with Crippen LogP contribution in [0.5, 0.6) is 0 Å². The number of cyclic esters (lactones) is 1. The van der Waals surface area contributed by atoms with Crippen molar-refractivity contribution in [2.75, 3.05) is 60.4 Å². The molecule has 1 saturated heterocycles. The normalized spacial score (nSPS) is 20.8. The molecule has 14 amide bonds. The van der Waals surface area contributed by atoms with Gasteiger partial charge >= 0.3 is 29.8 Å². The predicted octanol–water partition coefficient (Wildman–Crippen LogP) is -5.27. The van der Waals surface area contributed by atoms with Gasteiger partial charge in [-0.3, -0.25) is 91.1 Å². The molecule has 43 nitrogen and oxygen atoms in total. The summed E-state index contributed by atoms with van der Waals surface area (Å²) in [5.74, 6) is -25.9. The van der Waals surface area contributed by atoms with E-state index < -0.39 is 255 Å². The van der Waals surface area contributed by atoms with Gasteiger partial charge in [0.05, 0.1) is 80.2 Å². The van der Waals surface area contributed by atoms with Gasteiger partial charge < -0.3 is 120 Å². The Morgan fingerprint density at radius 1 is 0.546 bits per heavy atom. The van der Waals surface area contributed by atoms with Crippen LogP contribution < -0.4 is 86.3 Å². The molecule has 1 aliphatic rings. The number of para-hydroxylation sites is 2.